The second-order valence-corrected chi connectivity index (χ2v) is 5.69. The molecule has 24 heavy (non-hydrogen) atoms. The van der Waals surface area contributed by atoms with Crippen molar-refractivity contribution in [2.45, 2.75) is 33.0 Å². The monoisotopic (exact) mass is 324 g/mol. The van der Waals surface area contributed by atoms with Crippen molar-refractivity contribution >= 4 is 0 Å². The fraction of sp³-hybridized carbons (Fsp3) is 0.263. The highest BCUT2D eigenvalue weighted by molar-refractivity contribution is 5.60. The molecule has 124 valence electrons. The summed E-state index contributed by atoms with van der Waals surface area (Å²) < 4.78 is 12.9. The van der Waals surface area contributed by atoms with Gasteiger partial charge < -0.3 is 5.32 Å². The van der Waals surface area contributed by atoms with Crippen LogP contribution in [-0.4, -0.2) is 15.0 Å². The molecule has 0 spiro atoms. The maximum atomic E-state index is 12.9. The molecule has 4 nitrogen and oxygen atoms in total. The zero-order valence-electron chi connectivity index (χ0n) is 13.7. The molecule has 0 amide bonds. The summed E-state index contributed by atoms with van der Waals surface area (Å²) in [6.45, 7) is 4.19. The van der Waals surface area contributed by atoms with E-state index in [2.05, 4.69) is 22.4 Å². The molecule has 0 unspecified atom stereocenters. The first-order valence-electron chi connectivity index (χ1n) is 8.21. The van der Waals surface area contributed by atoms with E-state index in [0.717, 1.165) is 35.5 Å². The van der Waals surface area contributed by atoms with Gasteiger partial charge in [0.25, 0.3) is 0 Å². The van der Waals surface area contributed by atoms with Crippen molar-refractivity contribution in [3.05, 3.63) is 71.7 Å². The van der Waals surface area contributed by atoms with Crippen molar-refractivity contribution in [1.82, 2.24) is 20.3 Å². The lowest BCUT2D eigenvalue weighted by Crippen LogP contribution is -2.14. The molecule has 1 N–H and O–H groups in total. The molecule has 3 aromatic rings. The highest BCUT2D eigenvalue weighted by Crippen LogP contribution is 2.20. The second kappa shape index (κ2) is 7.84. The third-order valence-electron chi connectivity index (χ3n) is 3.73. The second-order valence-electron chi connectivity index (χ2n) is 5.69. The van der Waals surface area contributed by atoms with Crippen molar-refractivity contribution < 1.29 is 4.39 Å². The predicted octanol–water partition coefficient (Wildman–Crippen LogP) is 3.78. The van der Waals surface area contributed by atoms with Gasteiger partial charge in [-0.3, -0.25) is 0 Å². The normalized spacial score (nSPS) is 10.9. The standard InChI is InChI=1S/C19H21FN4/c1-2-12-24-22-18(19(23-24)16-6-4-3-5-7-16)14-21-13-15-8-10-17(20)11-9-15/h3-11,21H,2,12-14H2,1H3. The zero-order chi connectivity index (χ0) is 16.8. The molecule has 1 aromatic heterocycles. The lowest BCUT2D eigenvalue weighted by molar-refractivity contribution is 0.521. The van der Waals surface area contributed by atoms with Crippen molar-refractivity contribution in [3.8, 4) is 11.3 Å². The Labute approximate surface area is 141 Å². The lowest BCUT2D eigenvalue weighted by atomic mass is 10.1. The van der Waals surface area contributed by atoms with Crippen LogP contribution < -0.4 is 5.32 Å². The summed E-state index contributed by atoms with van der Waals surface area (Å²) in [6.07, 6.45) is 0.991. The van der Waals surface area contributed by atoms with Crippen LogP contribution in [0.2, 0.25) is 0 Å². The van der Waals surface area contributed by atoms with Crippen LogP contribution in [0.1, 0.15) is 24.6 Å². The highest BCUT2D eigenvalue weighted by Gasteiger charge is 2.12. The summed E-state index contributed by atoms with van der Waals surface area (Å²) in [6, 6.07) is 16.6. The van der Waals surface area contributed by atoms with Gasteiger partial charge in [0.05, 0.1) is 6.54 Å². The average molecular weight is 324 g/mol. The Morgan fingerprint density at radius 1 is 0.958 bits per heavy atom. The van der Waals surface area contributed by atoms with E-state index in [1.807, 2.05) is 30.3 Å². The van der Waals surface area contributed by atoms with Crippen LogP contribution in [-0.2, 0) is 19.6 Å². The Bertz CT molecular complexity index is 766. The first kappa shape index (κ1) is 16.3. The Kier molecular flexibility index (Phi) is 5.33. The number of hydrogen-bond donors (Lipinski definition) is 1. The van der Waals surface area contributed by atoms with Crippen LogP contribution in [0.3, 0.4) is 0 Å². The summed E-state index contributed by atoms with van der Waals surface area (Å²) in [5.74, 6) is -0.215. The molecular formula is C19H21FN4. The quantitative estimate of drug-likeness (QED) is 0.719. The van der Waals surface area contributed by atoms with E-state index in [9.17, 15) is 4.39 Å². The topological polar surface area (TPSA) is 42.7 Å². The largest absolute Gasteiger partial charge is 0.307 e. The molecule has 0 saturated carbocycles. The van der Waals surface area contributed by atoms with Gasteiger partial charge in [-0.1, -0.05) is 49.4 Å². The van der Waals surface area contributed by atoms with Gasteiger partial charge in [0.2, 0.25) is 0 Å². The first-order chi connectivity index (χ1) is 11.8. The molecule has 3 rings (SSSR count). The van der Waals surface area contributed by atoms with Gasteiger partial charge in [-0.25, -0.2) is 4.39 Å². The molecule has 1 heterocycles. The van der Waals surface area contributed by atoms with Crippen molar-refractivity contribution in [3.63, 3.8) is 0 Å². The molecule has 0 aliphatic heterocycles. The van der Waals surface area contributed by atoms with Gasteiger partial charge >= 0.3 is 0 Å². The molecule has 0 radical (unpaired) electrons. The third kappa shape index (κ3) is 4.06. The average Bonchev–Trinajstić information content (AvgIpc) is 3.01. The van der Waals surface area contributed by atoms with E-state index >= 15 is 0 Å². The number of rotatable bonds is 7. The third-order valence-corrected chi connectivity index (χ3v) is 3.73. The van der Waals surface area contributed by atoms with Crippen molar-refractivity contribution in [1.29, 1.82) is 0 Å². The van der Waals surface area contributed by atoms with Crippen molar-refractivity contribution in [2.24, 2.45) is 0 Å². The number of nitrogens with one attached hydrogen (secondary N) is 1. The van der Waals surface area contributed by atoms with Gasteiger partial charge in [0, 0.05) is 18.7 Å². The molecule has 0 atom stereocenters. The van der Waals surface area contributed by atoms with E-state index in [1.54, 1.807) is 16.9 Å². The van der Waals surface area contributed by atoms with Crippen LogP contribution in [0.5, 0.6) is 0 Å². The van der Waals surface area contributed by atoms with Crippen LogP contribution in [0.4, 0.5) is 4.39 Å². The van der Waals surface area contributed by atoms with E-state index < -0.39 is 0 Å². The summed E-state index contributed by atoms with van der Waals surface area (Å²) in [4.78, 5) is 1.76. The molecular weight excluding hydrogens is 303 g/mol. The molecule has 0 bridgehead atoms. The molecule has 0 fully saturated rings. The summed E-state index contributed by atoms with van der Waals surface area (Å²) in [5.41, 5.74) is 3.95. The number of aromatic nitrogens is 3. The van der Waals surface area contributed by atoms with E-state index in [1.165, 1.54) is 12.1 Å². The smallest absolute Gasteiger partial charge is 0.123 e. The number of halogens is 1. The van der Waals surface area contributed by atoms with Gasteiger partial charge in [-0.05, 0) is 24.1 Å². The van der Waals surface area contributed by atoms with Gasteiger partial charge in [-0.15, -0.1) is 0 Å². The Morgan fingerprint density at radius 3 is 2.42 bits per heavy atom. The predicted molar refractivity (Wildman–Crippen MR) is 92.7 cm³/mol. The fourth-order valence-corrected chi connectivity index (χ4v) is 2.55. The van der Waals surface area contributed by atoms with E-state index in [-0.39, 0.29) is 5.82 Å². The minimum absolute atomic E-state index is 0.215. The molecule has 5 heteroatoms. The van der Waals surface area contributed by atoms with Gasteiger partial charge in [0.1, 0.15) is 17.2 Å². The molecule has 0 aliphatic rings. The highest BCUT2D eigenvalue weighted by atomic mass is 19.1. The Hall–Kier alpha value is -2.53. The van der Waals surface area contributed by atoms with Crippen molar-refractivity contribution in [2.75, 3.05) is 0 Å². The van der Waals surface area contributed by atoms with Gasteiger partial charge in [-0.2, -0.15) is 15.0 Å². The minimum atomic E-state index is -0.215. The Morgan fingerprint density at radius 2 is 1.71 bits per heavy atom. The number of benzene rings is 2. The number of aryl methyl sites for hydroxylation is 1. The molecule has 0 aliphatic carbocycles. The minimum Gasteiger partial charge on any atom is -0.307 e. The lowest BCUT2D eigenvalue weighted by Gasteiger charge is -2.04. The molecule has 2 aromatic carbocycles. The SMILES string of the molecule is CCCn1nc(CNCc2ccc(F)cc2)c(-c2ccccc2)n1. The van der Waals surface area contributed by atoms with Gasteiger partial charge in [0.15, 0.2) is 0 Å². The Balaban J connectivity index is 1.72. The maximum absolute atomic E-state index is 12.9. The summed E-state index contributed by atoms with van der Waals surface area (Å²) in [7, 11) is 0. The fourth-order valence-electron chi connectivity index (χ4n) is 2.55. The van der Waals surface area contributed by atoms with Crippen LogP contribution in [0.15, 0.2) is 54.6 Å². The number of nitrogens with zero attached hydrogens (tertiary/aromatic N) is 3. The summed E-state index contributed by atoms with van der Waals surface area (Å²) >= 11 is 0. The van der Waals surface area contributed by atoms with Crippen LogP contribution >= 0.6 is 0 Å². The van der Waals surface area contributed by atoms with E-state index in [4.69, 9.17) is 0 Å². The van der Waals surface area contributed by atoms with E-state index in [0.29, 0.717) is 13.1 Å². The first-order valence-corrected chi connectivity index (χ1v) is 8.21. The van der Waals surface area contributed by atoms with Crippen LogP contribution in [0, 0.1) is 5.82 Å². The van der Waals surface area contributed by atoms with Crippen LogP contribution in [0.25, 0.3) is 11.3 Å². The summed E-state index contributed by atoms with van der Waals surface area (Å²) in [5, 5.41) is 12.6. The molecule has 0 saturated heterocycles. The zero-order valence-corrected chi connectivity index (χ0v) is 13.7. The number of hydrogen-bond acceptors (Lipinski definition) is 3. The maximum Gasteiger partial charge on any atom is 0.123 e.